The fourth-order valence-electron chi connectivity index (χ4n) is 2.84. The molecule has 1 aliphatic rings. The van der Waals surface area contributed by atoms with Crippen LogP contribution in [0, 0.1) is 0 Å². The highest BCUT2D eigenvalue weighted by molar-refractivity contribution is 7.91. The third-order valence-electron chi connectivity index (χ3n) is 4.45. The zero-order valence-corrected chi connectivity index (χ0v) is 15.6. The number of hydrogen-bond donors (Lipinski definition) is 1. The average Bonchev–Trinajstić information content (AvgIpc) is 2.92. The summed E-state index contributed by atoms with van der Waals surface area (Å²) >= 11 is 0. The molecule has 7 nitrogen and oxygen atoms in total. The number of amides is 3. The maximum Gasteiger partial charge on any atom is 0.262 e. The molecule has 1 N–H and O–H groups in total. The van der Waals surface area contributed by atoms with E-state index in [1.54, 1.807) is 31.2 Å². The Hall–Kier alpha value is -3.00. The van der Waals surface area contributed by atoms with E-state index in [1.165, 1.54) is 31.2 Å². The van der Waals surface area contributed by atoms with E-state index in [-0.39, 0.29) is 21.8 Å². The summed E-state index contributed by atoms with van der Waals surface area (Å²) in [5.41, 5.74) is 0.922. The van der Waals surface area contributed by atoms with Crippen molar-refractivity contribution in [2.24, 2.45) is 0 Å². The molecule has 1 atom stereocenters. The molecule has 1 aliphatic heterocycles. The molecular formula is C19H18N2O5S. The molecule has 0 aliphatic carbocycles. The van der Waals surface area contributed by atoms with Gasteiger partial charge in [-0.3, -0.25) is 19.3 Å². The second-order valence-electron chi connectivity index (χ2n) is 6.12. The summed E-state index contributed by atoms with van der Waals surface area (Å²) in [4.78, 5) is 38.5. The Morgan fingerprint density at radius 3 is 2.00 bits per heavy atom. The van der Waals surface area contributed by atoms with Crippen LogP contribution in [0.2, 0.25) is 0 Å². The number of fused-ring (bicyclic) bond motifs is 1. The van der Waals surface area contributed by atoms with Crippen molar-refractivity contribution in [1.29, 1.82) is 0 Å². The Morgan fingerprint density at radius 2 is 1.52 bits per heavy atom. The first-order valence-electron chi connectivity index (χ1n) is 8.37. The molecule has 140 valence electrons. The van der Waals surface area contributed by atoms with Gasteiger partial charge in [0.05, 0.1) is 21.8 Å². The highest BCUT2D eigenvalue weighted by Gasteiger charge is 2.40. The van der Waals surface area contributed by atoms with E-state index in [4.69, 9.17) is 0 Å². The molecule has 2 aromatic rings. The van der Waals surface area contributed by atoms with Gasteiger partial charge in [0.25, 0.3) is 11.8 Å². The van der Waals surface area contributed by atoms with E-state index in [1.807, 2.05) is 0 Å². The van der Waals surface area contributed by atoms with Gasteiger partial charge < -0.3 is 5.32 Å². The topological polar surface area (TPSA) is 101 Å². The fourth-order valence-corrected chi connectivity index (χ4v) is 3.72. The van der Waals surface area contributed by atoms with E-state index in [0.29, 0.717) is 5.69 Å². The Kier molecular flexibility index (Phi) is 4.84. The molecule has 27 heavy (non-hydrogen) atoms. The molecule has 1 heterocycles. The highest BCUT2D eigenvalue weighted by atomic mass is 32.2. The van der Waals surface area contributed by atoms with E-state index < -0.39 is 33.6 Å². The Morgan fingerprint density at radius 1 is 1.00 bits per heavy atom. The first-order valence-corrected chi connectivity index (χ1v) is 10.0. The molecule has 0 bridgehead atoms. The molecule has 0 saturated carbocycles. The van der Waals surface area contributed by atoms with Crippen LogP contribution in [0.25, 0.3) is 0 Å². The van der Waals surface area contributed by atoms with Gasteiger partial charge in [-0.05, 0) is 43.3 Å². The number of anilines is 1. The number of hydrogen-bond acceptors (Lipinski definition) is 5. The average molecular weight is 386 g/mol. The Bertz CT molecular complexity index is 993. The molecule has 8 heteroatoms. The van der Waals surface area contributed by atoms with E-state index in [9.17, 15) is 22.8 Å². The number of nitrogens with one attached hydrogen (secondary N) is 1. The quantitative estimate of drug-likeness (QED) is 0.793. The van der Waals surface area contributed by atoms with Crippen LogP contribution < -0.4 is 5.32 Å². The van der Waals surface area contributed by atoms with Crippen LogP contribution in [0.3, 0.4) is 0 Å². The van der Waals surface area contributed by atoms with Crippen molar-refractivity contribution >= 4 is 33.2 Å². The van der Waals surface area contributed by atoms with Crippen LogP contribution in [-0.4, -0.2) is 42.8 Å². The third kappa shape index (κ3) is 3.35. The summed E-state index contributed by atoms with van der Waals surface area (Å²) in [6.07, 6.45) is 0. The van der Waals surface area contributed by atoms with Crippen LogP contribution in [0.1, 0.15) is 34.6 Å². The van der Waals surface area contributed by atoms with Gasteiger partial charge in [-0.1, -0.05) is 19.1 Å². The van der Waals surface area contributed by atoms with Crippen molar-refractivity contribution in [3.05, 3.63) is 59.7 Å². The highest BCUT2D eigenvalue weighted by Crippen LogP contribution is 2.25. The van der Waals surface area contributed by atoms with Crippen LogP contribution in [0.4, 0.5) is 5.69 Å². The zero-order chi connectivity index (χ0) is 19.8. The maximum absolute atomic E-state index is 12.5. The third-order valence-corrected chi connectivity index (χ3v) is 6.20. The predicted molar refractivity (Wildman–Crippen MR) is 99.2 cm³/mol. The Labute approximate surface area is 156 Å². The lowest BCUT2D eigenvalue weighted by atomic mass is 10.1. The monoisotopic (exact) mass is 386 g/mol. The van der Waals surface area contributed by atoms with Gasteiger partial charge in [-0.15, -0.1) is 0 Å². The van der Waals surface area contributed by atoms with E-state index >= 15 is 0 Å². The van der Waals surface area contributed by atoms with Crippen LogP contribution in [-0.2, 0) is 14.6 Å². The molecule has 0 saturated heterocycles. The first-order chi connectivity index (χ1) is 12.8. The van der Waals surface area contributed by atoms with E-state index in [0.717, 1.165) is 4.90 Å². The summed E-state index contributed by atoms with van der Waals surface area (Å²) in [5, 5.41) is 2.60. The van der Waals surface area contributed by atoms with Gasteiger partial charge in [-0.25, -0.2) is 8.42 Å². The van der Waals surface area contributed by atoms with Gasteiger partial charge in [0.2, 0.25) is 5.91 Å². The number of rotatable bonds is 5. The van der Waals surface area contributed by atoms with Gasteiger partial charge in [0, 0.05) is 5.69 Å². The minimum Gasteiger partial charge on any atom is -0.324 e. The number of sulfone groups is 1. The Balaban J connectivity index is 1.76. The largest absolute Gasteiger partial charge is 0.324 e. The van der Waals surface area contributed by atoms with Crippen molar-refractivity contribution in [2.45, 2.75) is 24.8 Å². The molecule has 2 aromatic carbocycles. The van der Waals surface area contributed by atoms with Crippen LogP contribution in [0.15, 0.2) is 53.4 Å². The van der Waals surface area contributed by atoms with Gasteiger partial charge >= 0.3 is 0 Å². The number of carbonyl (C=O) groups excluding carboxylic acids is 3. The predicted octanol–water partition coefficient (Wildman–Crippen LogP) is 2.10. The number of imide groups is 1. The molecule has 0 fully saturated rings. The minimum atomic E-state index is -3.33. The zero-order valence-electron chi connectivity index (χ0n) is 14.8. The smallest absolute Gasteiger partial charge is 0.262 e. The van der Waals surface area contributed by atoms with E-state index in [2.05, 4.69) is 5.32 Å². The van der Waals surface area contributed by atoms with Gasteiger partial charge in [-0.2, -0.15) is 0 Å². The van der Waals surface area contributed by atoms with Crippen molar-refractivity contribution in [2.75, 3.05) is 11.1 Å². The van der Waals surface area contributed by atoms with Crippen LogP contribution in [0.5, 0.6) is 0 Å². The number of benzene rings is 2. The lowest BCUT2D eigenvalue weighted by molar-refractivity contribution is -0.119. The molecular weight excluding hydrogens is 368 g/mol. The normalized spacial score (nSPS) is 14.8. The second-order valence-corrected chi connectivity index (χ2v) is 8.40. The fraction of sp³-hybridized carbons (Fsp3) is 0.211. The SMILES string of the molecule is CCS(=O)(=O)c1ccc(NC(=O)C(C)N2C(=O)c3ccccc3C2=O)cc1. The molecule has 0 aromatic heterocycles. The second kappa shape index (κ2) is 6.96. The van der Waals surface area contributed by atoms with Crippen molar-refractivity contribution in [3.8, 4) is 0 Å². The molecule has 0 radical (unpaired) electrons. The number of carbonyl (C=O) groups is 3. The lowest BCUT2D eigenvalue weighted by Gasteiger charge is -2.21. The summed E-state index contributed by atoms with van der Waals surface area (Å²) in [6.45, 7) is 3.02. The summed E-state index contributed by atoms with van der Waals surface area (Å²) in [5.74, 6) is -1.59. The molecule has 3 amide bonds. The van der Waals surface area contributed by atoms with Gasteiger partial charge in [0.1, 0.15) is 6.04 Å². The summed E-state index contributed by atoms with van der Waals surface area (Å²) < 4.78 is 23.7. The standard InChI is InChI=1S/C19H18N2O5S/c1-3-27(25,26)14-10-8-13(9-11-14)20-17(22)12(2)21-18(23)15-6-4-5-7-16(15)19(21)24/h4-12H,3H2,1-2H3,(H,20,22). The number of nitrogens with zero attached hydrogens (tertiary/aromatic N) is 1. The molecule has 0 spiro atoms. The van der Waals surface area contributed by atoms with Crippen molar-refractivity contribution < 1.29 is 22.8 Å². The minimum absolute atomic E-state index is 0.0184. The molecule has 1 unspecified atom stereocenters. The van der Waals surface area contributed by atoms with Gasteiger partial charge in [0.15, 0.2) is 9.84 Å². The first kappa shape index (κ1) is 18.8. The van der Waals surface area contributed by atoms with Crippen molar-refractivity contribution in [1.82, 2.24) is 4.90 Å². The summed E-state index contributed by atoms with van der Waals surface area (Å²) in [6, 6.07) is 11.1. The molecule has 3 rings (SSSR count). The lowest BCUT2D eigenvalue weighted by Crippen LogP contribution is -2.45. The van der Waals surface area contributed by atoms with Crippen LogP contribution >= 0.6 is 0 Å². The maximum atomic E-state index is 12.5. The van der Waals surface area contributed by atoms with Crippen molar-refractivity contribution in [3.63, 3.8) is 0 Å². The summed E-state index contributed by atoms with van der Waals surface area (Å²) in [7, 11) is -3.33.